The summed E-state index contributed by atoms with van der Waals surface area (Å²) in [7, 11) is 1.50. The third kappa shape index (κ3) is 4.28. The summed E-state index contributed by atoms with van der Waals surface area (Å²) < 4.78 is 10.8. The Morgan fingerprint density at radius 2 is 2.07 bits per heavy atom. The zero-order valence-corrected chi connectivity index (χ0v) is 16.6. The molecule has 0 atom stereocenters. The maximum Gasteiger partial charge on any atom is 0.276 e. The predicted octanol–water partition coefficient (Wildman–Crippen LogP) is 3.62. The monoisotopic (exact) mass is 412 g/mol. The van der Waals surface area contributed by atoms with Gasteiger partial charge in [-0.15, -0.1) is 6.42 Å². The molecule has 2 aromatic rings. The van der Waals surface area contributed by atoms with Crippen molar-refractivity contribution in [1.29, 1.82) is 0 Å². The number of benzene rings is 2. The van der Waals surface area contributed by atoms with Gasteiger partial charge in [-0.2, -0.15) is 0 Å². The highest BCUT2D eigenvalue weighted by molar-refractivity contribution is 7.80. The molecule has 0 aromatic heterocycles. The SMILES string of the molecule is C#CCOc1c(Cl)cc(/C=C2/NC(=S)N(Cc3ccccc3)C2=O)cc1OC. The average Bonchev–Trinajstić information content (AvgIpc) is 2.95. The van der Waals surface area contributed by atoms with Crippen LogP contribution in [0.25, 0.3) is 6.08 Å². The van der Waals surface area contributed by atoms with Crippen LogP contribution in [0, 0.1) is 12.3 Å². The second-order valence-electron chi connectivity index (χ2n) is 5.89. The number of hydrogen-bond donors (Lipinski definition) is 1. The van der Waals surface area contributed by atoms with Gasteiger partial charge in [0.15, 0.2) is 16.6 Å². The van der Waals surface area contributed by atoms with Gasteiger partial charge in [0.05, 0.1) is 18.7 Å². The van der Waals surface area contributed by atoms with Gasteiger partial charge in [0, 0.05) is 0 Å². The molecule has 7 heteroatoms. The number of nitrogens with zero attached hydrogens (tertiary/aromatic N) is 1. The van der Waals surface area contributed by atoms with Crippen molar-refractivity contribution in [2.45, 2.75) is 6.54 Å². The molecular weight excluding hydrogens is 396 g/mol. The van der Waals surface area contributed by atoms with Crippen LogP contribution in [-0.4, -0.2) is 29.6 Å². The van der Waals surface area contributed by atoms with E-state index in [1.165, 1.54) is 12.0 Å². The summed E-state index contributed by atoms with van der Waals surface area (Å²) in [6, 6.07) is 13.0. The molecule has 1 fully saturated rings. The van der Waals surface area contributed by atoms with Crippen molar-refractivity contribution < 1.29 is 14.3 Å². The van der Waals surface area contributed by atoms with E-state index in [2.05, 4.69) is 11.2 Å². The fraction of sp³-hybridized carbons (Fsp3) is 0.143. The molecule has 142 valence electrons. The standard InChI is InChI=1S/C21H17ClN2O3S/c1-3-9-27-19-16(22)10-15(12-18(19)26-2)11-17-20(25)24(21(28)23-17)13-14-7-5-4-6-8-14/h1,4-8,10-12H,9,13H2,2H3,(H,23,28)/b17-11+. The lowest BCUT2D eigenvalue weighted by atomic mass is 10.1. The normalized spacial score (nSPS) is 14.8. The van der Waals surface area contributed by atoms with Crippen LogP contribution in [0.5, 0.6) is 11.5 Å². The first-order valence-corrected chi connectivity index (χ1v) is 9.14. The van der Waals surface area contributed by atoms with Crippen LogP contribution in [-0.2, 0) is 11.3 Å². The van der Waals surface area contributed by atoms with E-state index in [1.54, 1.807) is 18.2 Å². The molecule has 0 spiro atoms. The first kappa shape index (κ1) is 19.7. The number of terminal acetylenes is 1. The number of methoxy groups -OCH3 is 1. The molecule has 2 aromatic carbocycles. The quantitative estimate of drug-likeness (QED) is 0.446. The van der Waals surface area contributed by atoms with Crippen LogP contribution in [0.2, 0.25) is 5.02 Å². The van der Waals surface area contributed by atoms with Gasteiger partial charge in [-0.1, -0.05) is 47.9 Å². The highest BCUT2D eigenvalue weighted by Crippen LogP contribution is 2.37. The van der Waals surface area contributed by atoms with Gasteiger partial charge in [0.1, 0.15) is 12.3 Å². The Bertz CT molecular complexity index is 983. The zero-order chi connectivity index (χ0) is 20.1. The highest BCUT2D eigenvalue weighted by atomic mass is 35.5. The summed E-state index contributed by atoms with van der Waals surface area (Å²) in [6.45, 7) is 0.463. The van der Waals surface area contributed by atoms with E-state index in [0.717, 1.165) is 5.56 Å². The molecule has 28 heavy (non-hydrogen) atoms. The predicted molar refractivity (Wildman–Crippen MR) is 113 cm³/mol. The van der Waals surface area contributed by atoms with E-state index in [-0.39, 0.29) is 12.5 Å². The lowest BCUT2D eigenvalue weighted by Gasteiger charge is -2.13. The van der Waals surface area contributed by atoms with Crippen molar-refractivity contribution in [2.24, 2.45) is 0 Å². The number of nitrogens with one attached hydrogen (secondary N) is 1. The van der Waals surface area contributed by atoms with Crippen molar-refractivity contribution in [3.8, 4) is 23.8 Å². The van der Waals surface area contributed by atoms with Crippen molar-refractivity contribution in [1.82, 2.24) is 10.2 Å². The Hall–Kier alpha value is -3.01. The van der Waals surface area contributed by atoms with Crippen LogP contribution in [0.15, 0.2) is 48.2 Å². The summed E-state index contributed by atoms with van der Waals surface area (Å²) in [5.74, 6) is 2.95. The van der Waals surface area contributed by atoms with E-state index in [4.69, 9.17) is 39.7 Å². The Balaban J connectivity index is 1.85. The molecule has 5 nitrogen and oxygen atoms in total. The Kier molecular flexibility index (Phi) is 6.19. The number of ether oxygens (including phenoxy) is 2. The smallest absolute Gasteiger partial charge is 0.276 e. The molecule has 0 unspecified atom stereocenters. The molecule has 1 amide bonds. The van der Waals surface area contributed by atoms with E-state index >= 15 is 0 Å². The zero-order valence-electron chi connectivity index (χ0n) is 15.1. The topological polar surface area (TPSA) is 50.8 Å². The number of amides is 1. The van der Waals surface area contributed by atoms with E-state index in [9.17, 15) is 4.79 Å². The largest absolute Gasteiger partial charge is 0.493 e. The van der Waals surface area contributed by atoms with Crippen molar-refractivity contribution in [2.75, 3.05) is 13.7 Å². The lowest BCUT2D eigenvalue weighted by Crippen LogP contribution is -2.29. The second kappa shape index (κ2) is 8.79. The maximum atomic E-state index is 12.8. The number of carbonyl (C=O) groups excluding carboxylic acids is 1. The first-order chi connectivity index (χ1) is 13.5. The number of rotatable bonds is 6. The van der Waals surface area contributed by atoms with Crippen molar-refractivity contribution >= 4 is 40.9 Å². The minimum atomic E-state index is -0.211. The molecule has 0 bridgehead atoms. The molecule has 0 radical (unpaired) electrons. The third-order valence-corrected chi connectivity index (χ3v) is 4.61. The average molecular weight is 413 g/mol. The van der Waals surface area contributed by atoms with Gasteiger partial charge in [-0.05, 0) is 41.6 Å². The summed E-state index contributed by atoms with van der Waals surface area (Å²) in [4.78, 5) is 14.3. The molecule has 1 N–H and O–H groups in total. The van der Waals surface area contributed by atoms with Crippen LogP contribution < -0.4 is 14.8 Å². The Morgan fingerprint density at radius 1 is 1.32 bits per heavy atom. The molecule has 1 saturated heterocycles. The Labute approximate surface area is 173 Å². The van der Waals surface area contributed by atoms with Gasteiger partial charge in [-0.25, -0.2) is 0 Å². The van der Waals surface area contributed by atoms with E-state index < -0.39 is 0 Å². The molecule has 0 aliphatic carbocycles. The first-order valence-electron chi connectivity index (χ1n) is 8.35. The van der Waals surface area contributed by atoms with Crippen LogP contribution in [0.1, 0.15) is 11.1 Å². The van der Waals surface area contributed by atoms with Crippen LogP contribution >= 0.6 is 23.8 Å². The molecule has 0 saturated carbocycles. The van der Waals surface area contributed by atoms with Crippen LogP contribution in [0.4, 0.5) is 0 Å². The summed E-state index contributed by atoms with van der Waals surface area (Å²) in [5, 5.41) is 3.64. The molecule has 3 rings (SSSR count). The molecular formula is C21H17ClN2O3S. The van der Waals surface area contributed by atoms with Gasteiger partial charge >= 0.3 is 0 Å². The van der Waals surface area contributed by atoms with Gasteiger partial charge in [0.25, 0.3) is 5.91 Å². The fourth-order valence-electron chi connectivity index (χ4n) is 2.72. The highest BCUT2D eigenvalue weighted by Gasteiger charge is 2.30. The summed E-state index contributed by atoms with van der Waals surface area (Å²) in [6.07, 6.45) is 6.89. The number of halogens is 1. The fourth-order valence-corrected chi connectivity index (χ4v) is 3.26. The minimum Gasteiger partial charge on any atom is -0.493 e. The van der Waals surface area contributed by atoms with E-state index in [1.807, 2.05) is 30.3 Å². The van der Waals surface area contributed by atoms with Crippen molar-refractivity contribution in [3.63, 3.8) is 0 Å². The molecule has 1 aliphatic heterocycles. The van der Waals surface area contributed by atoms with Gasteiger partial charge in [-0.3, -0.25) is 9.69 Å². The number of hydrogen-bond acceptors (Lipinski definition) is 4. The molecule has 1 aliphatic rings. The minimum absolute atomic E-state index is 0.0687. The lowest BCUT2D eigenvalue weighted by molar-refractivity contribution is -0.122. The third-order valence-electron chi connectivity index (χ3n) is 4.01. The van der Waals surface area contributed by atoms with Gasteiger partial charge in [0.2, 0.25) is 0 Å². The van der Waals surface area contributed by atoms with Crippen molar-refractivity contribution in [3.05, 3.63) is 64.3 Å². The summed E-state index contributed by atoms with van der Waals surface area (Å²) >= 11 is 11.6. The summed E-state index contributed by atoms with van der Waals surface area (Å²) in [5.41, 5.74) is 2.01. The number of carbonyl (C=O) groups is 1. The van der Waals surface area contributed by atoms with Gasteiger partial charge < -0.3 is 14.8 Å². The second-order valence-corrected chi connectivity index (χ2v) is 6.69. The maximum absolute atomic E-state index is 12.8. The Morgan fingerprint density at radius 3 is 2.75 bits per heavy atom. The van der Waals surface area contributed by atoms with Crippen LogP contribution in [0.3, 0.4) is 0 Å². The molecule has 1 heterocycles. The number of thiocarbonyl (C=S) groups is 1. The van der Waals surface area contributed by atoms with E-state index in [0.29, 0.717) is 39.4 Å².